The Bertz CT molecular complexity index is 443. The highest BCUT2D eigenvalue weighted by molar-refractivity contribution is 5.97. The summed E-state index contributed by atoms with van der Waals surface area (Å²) in [5.41, 5.74) is 1.26. The maximum absolute atomic E-state index is 11.7. The first-order chi connectivity index (χ1) is 7.90. The minimum atomic E-state index is -0.646. The van der Waals surface area contributed by atoms with Crippen LogP contribution in [0.4, 0.5) is 5.69 Å². The predicted molar refractivity (Wildman–Crippen MR) is 64.8 cm³/mol. The second-order valence-corrected chi connectivity index (χ2v) is 3.93. The summed E-state index contributed by atoms with van der Waals surface area (Å²) in [4.78, 5) is 22.5. The molecule has 0 aliphatic rings. The fourth-order valence-electron chi connectivity index (χ4n) is 1.36. The SMILES string of the molecule is CC(=O)NC(C)C(=O)Nc1cc(C)ccc1O. The summed E-state index contributed by atoms with van der Waals surface area (Å²) in [6, 6.07) is 4.26. The fraction of sp³-hybridized carbons (Fsp3) is 0.333. The smallest absolute Gasteiger partial charge is 0.246 e. The van der Waals surface area contributed by atoms with Crippen LogP contribution < -0.4 is 10.6 Å². The van der Waals surface area contributed by atoms with Crippen molar-refractivity contribution in [1.82, 2.24) is 5.32 Å². The zero-order valence-electron chi connectivity index (χ0n) is 10.1. The van der Waals surface area contributed by atoms with Gasteiger partial charge in [0.1, 0.15) is 11.8 Å². The molecular formula is C12H16N2O3. The quantitative estimate of drug-likeness (QED) is 0.689. The summed E-state index contributed by atoms with van der Waals surface area (Å²) in [5, 5.41) is 14.6. The van der Waals surface area contributed by atoms with Gasteiger partial charge in [-0.3, -0.25) is 9.59 Å². The van der Waals surface area contributed by atoms with Gasteiger partial charge in [-0.1, -0.05) is 6.07 Å². The molecule has 0 aromatic heterocycles. The predicted octanol–water partition coefficient (Wildman–Crippen LogP) is 1.16. The molecule has 0 radical (unpaired) electrons. The first kappa shape index (κ1) is 13.0. The molecule has 0 saturated carbocycles. The summed E-state index contributed by atoms with van der Waals surface area (Å²) in [5.74, 6) is -0.652. The molecule has 2 amide bonds. The van der Waals surface area contributed by atoms with E-state index in [-0.39, 0.29) is 17.6 Å². The fourth-order valence-corrected chi connectivity index (χ4v) is 1.36. The Morgan fingerprint density at radius 2 is 2.00 bits per heavy atom. The standard InChI is InChI=1S/C12H16N2O3/c1-7-4-5-11(16)10(6-7)14-12(17)8(2)13-9(3)15/h4-6,8,16H,1-3H3,(H,13,15)(H,14,17). The lowest BCUT2D eigenvalue weighted by Gasteiger charge is -2.13. The molecule has 5 nitrogen and oxygen atoms in total. The van der Waals surface area contributed by atoms with E-state index in [0.717, 1.165) is 5.56 Å². The molecule has 1 unspecified atom stereocenters. The molecular weight excluding hydrogens is 220 g/mol. The number of phenols is 1. The van der Waals surface area contributed by atoms with Crippen LogP contribution in [0.15, 0.2) is 18.2 Å². The average molecular weight is 236 g/mol. The molecule has 5 heteroatoms. The van der Waals surface area contributed by atoms with Gasteiger partial charge in [0, 0.05) is 6.92 Å². The van der Waals surface area contributed by atoms with Gasteiger partial charge in [-0.2, -0.15) is 0 Å². The number of amides is 2. The Kier molecular flexibility index (Phi) is 4.09. The van der Waals surface area contributed by atoms with Gasteiger partial charge in [-0.05, 0) is 31.5 Å². The number of benzene rings is 1. The van der Waals surface area contributed by atoms with E-state index in [0.29, 0.717) is 5.69 Å². The van der Waals surface area contributed by atoms with E-state index in [1.54, 1.807) is 19.1 Å². The Hall–Kier alpha value is -2.04. The van der Waals surface area contributed by atoms with E-state index in [4.69, 9.17) is 0 Å². The van der Waals surface area contributed by atoms with Crippen LogP contribution >= 0.6 is 0 Å². The van der Waals surface area contributed by atoms with Crippen LogP contribution in [-0.2, 0) is 9.59 Å². The van der Waals surface area contributed by atoms with E-state index in [2.05, 4.69) is 10.6 Å². The number of anilines is 1. The van der Waals surface area contributed by atoms with Crippen LogP contribution in [0.5, 0.6) is 5.75 Å². The van der Waals surface area contributed by atoms with Crippen LogP contribution in [-0.4, -0.2) is 23.0 Å². The number of aromatic hydroxyl groups is 1. The van der Waals surface area contributed by atoms with Gasteiger partial charge < -0.3 is 15.7 Å². The van der Waals surface area contributed by atoms with Crippen molar-refractivity contribution in [1.29, 1.82) is 0 Å². The summed E-state index contributed by atoms with van der Waals surface area (Å²) >= 11 is 0. The van der Waals surface area contributed by atoms with Gasteiger partial charge in [0.05, 0.1) is 5.69 Å². The summed E-state index contributed by atoms with van der Waals surface area (Å²) < 4.78 is 0. The largest absolute Gasteiger partial charge is 0.506 e. The Morgan fingerprint density at radius 3 is 2.59 bits per heavy atom. The van der Waals surface area contributed by atoms with Gasteiger partial charge >= 0.3 is 0 Å². The van der Waals surface area contributed by atoms with Crippen molar-refractivity contribution in [2.45, 2.75) is 26.8 Å². The lowest BCUT2D eigenvalue weighted by Crippen LogP contribution is -2.40. The van der Waals surface area contributed by atoms with Crippen molar-refractivity contribution in [2.24, 2.45) is 0 Å². The first-order valence-corrected chi connectivity index (χ1v) is 5.27. The van der Waals surface area contributed by atoms with Crippen LogP contribution in [0.25, 0.3) is 0 Å². The molecule has 0 heterocycles. The number of carbonyl (C=O) groups excluding carboxylic acids is 2. The molecule has 1 aromatic rings. The van der Waals surface area contributed by atoms with Gasteiger partial charge in [0.2, 0.25) is 11.8 Å². The Balaban J connectivity index is 2.73. The number of carbonyl (C=O) groups is 2. The third-order valence-electron chi connectivity index (χ3n) is 2.22. The third-order valence-corrected chi connectivity index (χ3v) is 2.22. The van der Waals surface area contributed by atoms with E-state index in [9.17, 15) is 14.7 Å². The molecule has 1 atom stereocenters. The lowest BCUT2D eigenvalue weighted by atomic mass is 10.2. The van der Waals surface area contributed by atoms with Crippen LogP contribution in [0.1, 0.15) is 19.4 Å². The second kappa shape index (κ2) is 5.34. The minimum Gasteiger partial charge on any atom is -0.506 e. The number of phenolic OH excluding ortho intramolecular Hbond substituents is 1. The van der Waals surface area contributed by atoms with Crippen molar-refractivity contribution in [3.05, 3.63) is 23.8 Å². The maximum atomic E-state index is 11.7. The topological polar surface area (TPSA) is 78.4 Å². The number of hydrogen-bond donors (Lipinski definition) is 3. The molecule has 1 aromatic carbocycles. The summed E-state index contributed by atoms with van der Waals surface area (Å²) in [6.45, 7) is 4.77. The highest BCUT2D eigenvalue weighted by Crippen LogP contribution is 2.23. The van der Waals surface area contributed by atoms with Crippen LogP contribution in [0.2, 0.25) is 0 Å². The normalized spacial score (nSPS) is 11.7. The monoisotopic (exact) mass is 236 g/mol. The van der Waals surface area contributed by atoms with Crippen molar-refractivity contribution >= 4 is 17.5 Å². The molecule has 0 spiro atoms. The molecule has 0 aliphatic carbocycles. The number of nitrogens with one attached hydrogen (secondary N) is 2. The van der Waals surface area contributed by atoms with Gasteiger partial charge in [-0.25, -0.2) is 0 Å². The lowest BCUT2D eigenvalue weighted by molar-refractivity contribution is -0.124. The number of rotatable bonds is 3. The molecule has 3 N–H and O–H groups in total. The van der Waals surface area contributed by atoms with Gasteiger partial charge in [-0.15, -0.1) is 0 Å². The minimum absolute atomic E-state index is 0.000949. The van der Waals surface area contributed by atoms with Gasteiger partial charge in [0.25, 0.3) is 0 Å². The van der Waals surface area contributed by atoms with Crippen molar-refractivity contribution in [3.8, 4) is 5.75 Å². The number of hydrogen-bond acceptors (Lipinski definition) is 3. The third kappa shape index (κ3) is 3.79. The van der Waals surface area contributed by atoms with Crippen molar-refractivity contribution in [3.63, 3.8) is 0 Å². The van der Waals surface area contributed by atoms with Crippen molar-refractivity contribution in [2.75, 3.05) is 5.32 Å². The van der Waals surface area contributed by atoms with Crippen LogP contribution in [0, 0.1) is 6.92 Å². The van der Waals surface area contributed by atoms with E-state index in [1.807, 2.05) is 6.92 Å². The van der Waals surface area contributed by atoms with Crippen LogP contribution in [0.3, 0.4) is 0 Å². The maximum Gasteiger partial charge on any atom is 0.246 e. The molecule has 0 saturated heterocycles. The van der Waals surface area contributed by atoms with E-state index >= 15 is 0 Å². The average Bonchev–Trinajstić information content (AvgIpc) is 2.22. The first-order valence-electron chi connectivity index (χ1n) is 5.27. The summed E-state index contributed by atoms with van der Waals surface area (Å²) in [6.07, 6.45) is 0. The molecule has 0 aliphatic heterocycles. The number of aryl methyl sites for hydroxylation is 1. The molecule has 1 rings (SSSR count). The molecule has 17 heavy (non-hydrogen) atoms. The van der Waals surface area contributed by atoms with Gasteiger partial charge in [0.15, 0.2) is 0 Å². The zero-order valence-corrected chi connectivity index (χ0v) is 10.1. The molecule has 0 bridgehead atoms. The Labute approximate surface area is 99.8 Å². The highest BCUT2D eigenvalue weighted by atomic mass is 16.3. The Morgan fingerprint density at radius 1 is 1.35 bits per heavy atom. The van der Waals surface area contributed by atoms with E-state index < -0.39 is 6.04 Å². The summed E-state index contributed by atoms with van der Waals surface area (Å²) in [7, 11) is 0. The van der Waals surface area contributed by atoms with E-state index in [1.165, 1.54) is 13.0 Å². The highest BCUT2D eigenvalue weighted by Gasteiger charge is 2.15. The zero-order chi connectivity index (χ0) is 13.0. The molecule has 92 valence electrons. The van der Waals surface area contributed by atoms with Crippen molar-refractivity contribution < 1.29 is 14.7 Å². The second-order valence-electron chi connectivity index (χ2n) is 3.93. The molecule has 0 fully saturated rings.